The topological polar surface area (TPSA) is 78.4 Å². The summed E-state index contributed by atoms with van der Waals surface area (Å²) in [7, 11) is 0. The van der Waals surface area contributed by atoms with Crippen molar-refractivity contribution in [3.05, 3.63) is 16.1 Å². The van der Waals surface area contributed by atoms with Gasteiger partial charge in [-0.15, -0.1) is 11.3 Å². The van der Waals surface area contributed by atoms with Crippen LogP contribution in [0.5, 0.6) is 0 Å². The highest BCUT2D eigenvalue weighted by atomic mass is 32.1. The van der Waals surface area contributed by atoms with E-state index in [4.69, 9.17) is 0 Å². The summed E-state index contributed by atoms with van der Waals surface area (Å²) >= 11 is 1.66. The summed E-state index contributed by atoms with van der Waals surface area (Å²) in [6.07, 6.45) is 6.97. The number of nitrogens with one attached hydrogen (secondary N) is 3. The van der Waals surface area contributed by atoms with Gasteiger partial charge in [-0.2, -0.15) is 0 Å². The Bertz CT molecular complexity index is 593. The summed E-state index contributed by atoms with van der Waals surface area (Å²) in [6, 6.07) is 0. The summed E-state index contributed by atoms with van der Waals surface area (Å²) < 4.78 is 0. The Morgan fingerprint density at radius 1 is 1.22 bits per heavy atom. The van der Waals surface area contributed by atoms with Gasteiger partial charge in [0.15, 0.2) is 5.96 Å². The lowest BCUT2D eigenvalue weighted by molar-refractivity contribution is -0.122. The lowest BCUT2D eigenvalue weighted by Gasteiger charge is -2.20. The number of rotatable bonds is 9. The molecule has 1 heterocycles. The molecule has 1 aliphatic rings. The predicted molar refractivity (Wildman–Crippen MR) is 113 cm³/mol. The molecule has 2 rings (SSSR count). The summed E-state index contributed by atoms with van der Waals surface area (Å²) in [5, 5.41) is 12.7. The van der Waals surface area contributed by atoms with Gasteiger partial charge in [0.2, 0.25) is 5.91 Å². The molecule has 0 atom stereocenters. The normalized spacial score (nSPS) is 15.8. The first-order valence-electron chi connectivity index (χ1n) is 10.3. The van der Waals surface area contributed by atoms with Crippen LogP contribution in [0.4, 0.5) is 0 Å². The molecule has 1 aliphatic carbocycles. The Morgan fingerprint density at radius 2 is 1.96 bits per heavy atom. The van der Waals surface area contributed by atoms with E-state index in [-0.39, 0.29) is 5.91 Å². The minimum absolute atomic E-state index is 0.176. The Morgan fingerprint density at radius 3 is 2.63 bits per heavy atom. The van der Waals surface area contributed by atoms with E-state index in [2.05, 4.69) is 45.2 Å². The van der Waals surface area contributed by atoms with Crippen molar-refractivity contribution >= 4 is 23.2 Å². The van der Waals surface area contributed by atoms with E-state index in [1.165, 1.54) is 32.1 Å². The second-order valence-electron chi connectivity index (χ2n) is 7.50. The number of thiazole rings is 1. The number of aromatic nitrogens is 1. The summed E-state index contributed by atoms with van der Waals surface area (Å²) in [4.78, 5) is 21.3. The third kappa shape index (κ3) is 8.28. The van der Waals surface area contributed by atoms with Gasteiger partial charge in [-0.3, -0.25) is 4.79 Å². The minimum atomic E-state index is 0.176. The van der Waals surface area contributed by atoms with Gasteiger partial charge < -0.3 is 16.0 Å². The van der Waals surface area contributed by atoms with Crippen LogP contribution in [0.25, 0.3) is 0 Å². The van der Waals surface area contributed by atoms with E-state index in [0.717, 1.165) is 23.2 Å². The lowest BCUT2D eigenvalue weighted by Crippen LogP contribution is -2.41. The number of carbonyl (C=O) groups is 1. The molecule has 0 unspecified atom stereocenters. The highest BCUT2D eigenvalue weighted by Gasteiger charge is 2.16. The molecule has 6 nitrogen and oxygen atoms in total. The van der Waals surface area contributed by atoms with Gasteiger partial charge in [0.25, 0.3) is 0 Å². The lowest BCUT2D eigenvalue weighted by atomic mass is 9.87. The zero-order valence-corrected chi connectivity index (χ0v) is 17.8. The quantitative estimate of drug-likeness (QED) is 0.341. The number of nitrogens with zero attached hydrogens (tertiary/aromatic N) is 2. The molecule has 0 radical (unpaired) electrons. The molecule has 1 aromatic heterocycles. The van der Waals surface area contributed by atoms with Gasteiger partial charge >= 0.3 is 0 Å². The molecule has 0 aliphatic heterocycles. The maximum atomic E-state index is 12.1. The number of hydrogen-bond donors (Lipinski definition) is 3. The summed E-state index contributed by atoms with van der Waals surface area (Å²) in [6.45, 7) is 8.99. The number of carbonyl (C=O) groups excluding carboxylic acids is 1. The molecule has 0 bridgehead atoms. The first-order valence-corrected chi connectivity index (χ1v) is 11.2. The Kier molecular flexibility index (Phi) is 9.59. The van der Waals surface area contributed by atoms with Crippen molar-refractivity contribution in [1.82, 2.24) is 20.9 Å². The molecule has 27 heavy (non-hydrogen) atoms. The van der Waals surface area contributed by atoms with Gasteiger partial charge in [-0.1, -0.05) is 33.1 Å². The molecule has 0 aromatic carbocycles. The van der Waals surface area contributed by atoms with E-state index in [1.54, 1.807) is 11.3 Å². The molecule has 1 aromatic rings. The highest BCUT2D eigenvalue weighted by Crippen LogP contribution is 2.25. The first kappa shape index (κ1) is 21.7. The van der Waals surface area contributed by atoms with Crippen molar-refractivity contribution in [3.63, 3.8) is 0 Å². The molecule has 7 heteroatoms. The first-order chi connectivity index (χ1) is 13.1. The van der Waals surface area contributed by atoms with Crippen LogP contribution in [0.15, 0.2) is 10.4 Å². The summed E-state index contributed by atoms with van der Waals surface area (Å²) in [5.74, 6) is 1.97. The zero-order chi connectivity index (χ0) is 19.5. The molecular formula is C20H35N5OS. The van der Waals surface area contributed by atoms with E-state index in [9.17, 15) is 4.79 Å². The standard InChI is InChI=1S/C20H35N5OS/c1-4-21-20(24-13-19-25-17(14-27-19)15(2)3)23-11-10-22-18(26)12-16-8-6-5-7-9-16/h14-16H,4-13H2,1-3H3,(H,22,26)(H2,21,23,24). The van der Waals surface area contributed by atoms with Gasteiger partial charge in [0.1, 0.15) is 5.01 Å². The maximum Gasteiger partial charge on any atom is 0.220 e. The van der Waals surface area contributed by atoms with Crippen molar-refractivity contribution in [2.24, 2.45) is 10.9 Å². The van der Waals surface area contributed by atoms with E-state index in [0.29, 0.717) is 37.9 Å². The average molecular weight is 394 g/mol. The van der Waals surface area contributed by atoms with Crippen LogP contribution < -0.4 is 16.0 Å². The maximum absolute atomic E-state index is 12.1. The van der Waals surface area contributed by atoms with E-state index < -0.39 is 0 Å². The SMILES string of the molecule is CCNC(=NCc1nc(C(C)C)cs1)NCCNC(=O)CC1CCCCC1. The van der Waals surface area contributed by atoms with Crippen LogP contribution in [0.2, 0.25) is 0 Å². The molecule has 3 N–H and O–H groups in total. The van der Waals surface area contributed by atoms with Crippen LogP contribution in [-0.4, -0.2) is 36.5 Å². The fraction of sp³-hybridized carbons (Fsp3) is 0.750. The van der Waals surface area contributed by atoms with Gasteiger partial charge in [0, 0.05) is 31.4 Å². The number of amides is 1. The molecule has 0 saturated heterocycles. The second kappa shape index (κ2) is 12.0. The molecule has 1 amide bonds. The van der Waals surface area contributed by atoms with Gasteiger partial charge in [-0.25, -0.2) is 9.98 Å². The van der Waals surface area contributed by atoms with Crippen molar-refractivity contribution in [3.8, 4) is 0 Å². The van der Waals surface area contributed by atoms with E-state index >= 15 is 0 Å². The fourth-order valence-corrected chi connectivity index (χ4v) is 4.14. The fourth-order valence-electron chi connectivity index (χ4n) is 3.26. The van der Waals surface area contributed by atoms with Crippen LogP contribution in [0, 0.1) is 5.92 Å². The van der Waals surface area contributed by atoms with Crippen molar-refractivity contribution in [2.75, 3.05) is 19.6 Å². The zero-order valence-electron chi connectivity index (χ0n) is 17.0. The molecule has 1 saturated carbocycles. The number of aliphatic imine (C=N–C) groups is 1. The van der Waals surface area contributed by atoms with E-state index in [1.807, 2.05) is 6.92 Å². The monoisotopic (exact) mass is 393 g/mol. The number of guanidine groups is 1. The van der Waals surface area contributed by atoms with Crippen molar-refractivity contribution < 1.29 is 4.79 Å². The minimum Gasteiger partial charge on any atom is -0.357 e. The largest absolute Gasteiger partial charge is 0.357 e. The second-order valence-corrected chi connectivity index (χ2v) is 8.44. The van der Waals surface area contributed by atoms with Crippen LogP contribution in [-0.2, 0) is 11.3 Å². The third-order valence-corrected chi connectivity index (χ3v) is 5.67. The van der Waals surface area contributed by atoms with Crippen molar-refractivity contribution in [2.45, 2.75) is 71.8 Å². The predicted octanol–water partition coefficient (Wildman–Crippen LogP) is 3.41. The average Bonchev–Trinajstić information content (AvgIpc) is 3.13. The molecular weight excluding hydrogens is 358 g/mol. The van der Waals surface area contributed by atoms with Gasteiger partial charge in [-0.05, 0) is 31.6 Å². The highest BCUT2D eigenvalue weighted by molar-refractivity contribution is 7.09. The summed E-state index contributed by atoms with van der Waals surface area (Å²) in [5.41, 5.74) is 1.13. The van der Waals surface area contributed by atoms with Crippen molar-refractivity contribution in [1.29, 1.82) is 0 Å². The van der Waals surface area contributed by atoms with Crippen LogP contribution in [0.1, 0.15) is 75.9 Å². The molecule has 0 spiro atoms. The Labute approximate surface area is 167 Å². The molecule has 1 fully saturated rings. The third-order valence-electron chi connectivity index (χ3n) is 4.82. The van der Waals surface area contributed by atoms with Crippen LogP contribution >= 0.6 is 11.3 Å². The van der Waals surface area contributed by atoms with Crippen LogP contribution in [0.3, 0.4) is 0 Å². The Balaban J connectivity index is 1.69. The molecule has 152 valence electrons. The van der Waals surface area contributed by atoms with Gasteiger partial charge in [0.05, 0.1) is 12.2 Å². The number of hydrogen-bond acceptors (Lipinski definition) is 4. The Hall–Kier alpha value is -1.63. The smallest absolute Gasteiger partial charge is 0.220 e.